The second-order valence-electron chi connectivity index (χ2n) is 5.38. The first kappa shape index (κ1) is 13.7. The summed E-state index contributed by atoms with van der Waals surface area (Å²) in [5, 5.41) is 20.5. The number of hydrogen-bond acceptors (Lipinski definition) is 2. The van der Waals surface area contributed by atoms with Gasteiger partial charge in [-0.3, -0.25) is 0 Å². The Labute approximate surface area is 115 Å². The van der Waals surface area contributed by atoms with Gasteiger partial charge >= 0.3 is 0 Å². The molecule has 1 aromatic rings. The van der Waals surface area contributed by atoms with Crippen molar-refractivity contribution in [3.05, 3.63) is 47.6 Å². The number of aromatic hydroxyl groups is 2. The zero-order chi connectivity index (χ0) is 14.0. The largest absolute Gasteiger partial charge is 0.507 e. The van der Waals surface area contributed by atoms with Crippen molar-refractivity contribution in [2.75, 3.05) is 0 Å². The number of allylic oxidation sites excluding steroid dienone is 3. The van der Waals surface area contributed by atoms with E-state index in [1.54, 1.807) is 12.1 Å². The molecule has 2 N–H and O–H groups in total. The molecule has 0 aliphatic heterocycles. The molecule has 2 nitrogen and oxygen atoms in total. The van der Waals surface area contributed by atoms with Crippen LogP contribution in [0.1, 0.15) is 43.7 Å². The molecule has 0 bridgehead atoms. The second kappa shape index (κ2) is 5.52. The van der Waals surface area contributed by atoms with Crippen molar-refractivity contribution in [3.63, 3.8) is 0 Å². The van der Waals surface area contributed by atoms with Crippen LogP contribution >= 0.6 is 0 Å². The molecule has 2 heteroatoms. The monoisotopic (exact) mass is 258 g/mol. The number of phenols is 2. The van der Waals surface area contributed by atoms with E-state index in [-0.39, 0.29) is 23.3 Å². The summed E-state index contributed by atoms with van der Waals surface area (Å²) < 4.78 is 0. The zero-order valence-electron chi connectivity index (χ0n) is 11.7. The lowest BCUT2D eigenvalue weighted by atomic mass is 9.76. The van der Waals surface area contributed by atoms with Crippen LogP contribution in [0.3, 0.4) is 0 Å². The van der Waals surface area contributed by atoms with Gasteiger partial charge in [0.25, 0.3) is 0 Å². The molecular formula is C17H22O2. The number of aryl methyl sites for hydroxylation is 1. The Bertz CT molecular complexity index is 491. The Morgan fingerprint density at radius 2 is 1.95 bits per heavy atom. The van der Waals surface area contributed by atoms with Crippen LogP contribution in [-0.4, -0.2) is 10.2 Å². The highest BCUT2D eigenvalue weighted by Crippen LogP contribution is 2.44. The molecule has 2 unspecified atom stereocenters. The van der Waals surface area contributed by atoms with Crippen LogP contribution < -0.4 is 0 Å². The Morgan fingerprint density at radius 3 is 2.47 bits per heavy atom. The van der Waals surface area contributed by atoms with E-state index in [0.717, 1.165) is 24.8 Å². The first-order chi connectivity index (χ1) is 9.06. The number of benzene rings is 1. The molecule has 0 spiro atoms. The summed E-state index contributed by atoms with van der Waals surface area (Å²) in [6.45, 7) is 7.99. The van der Waals surface area contributed by atoms with Gasteiger partial charge in [-0.25, -0.2) is 0 Å². The van der Waals surface area contributed by atoms with Crippen LogP contribution in [0.2, 0.25) is 0 Å². The number of hydrogen-bond donors (Lipinski definition) is 2. The number of rotatable bonds is 3. The van der Waals surface area contributed by atoms with Gasteiger partial charge in [0.1, 0.15) is 11.5 Å². The highest BCUT2D eigenvalue weighted by atomic mass is 16.3. The molecule has 2 rings (SSSR count). The van der Waals surface area contributed by atoms with Gasteiger partial charge in [-0.15, -0.1) is 6.58 Å². The third-order valence-electron chi connectivity index (χ3n) is 4.04. The van der Waals surface area contributed by atoms with Gasteiger partial charge in [0, 0.05) is 11.5 Å². The van der Waals surface area contributed by atoms with E-state index < -0.39 is 0 Å². The van der Waals surface area contributed by atoms with E-state index >= 15 is 0 Å². The van der Waals surface area contributed by atoms with E-state index in [0.29, 0.717) is 5.56 Å². The van der Waals surface area contributed by atoms with Gasteiger partial charge in [0.2, 0.25) is 0 Å². The Balaban J connectivity index is 2.50. The van der Waals surface area contributed by atoms with Crippen LogP contribution in [0, 0.1) is 5.92 Å². The quantitative estimate of drug-likeness (QED) is 0.794. The summed E-state index contributed by atoms with van der Waals surface area (Å²) in [6.07, 6.45) is 6.95. The van der Waals surface area contributed by atoms with Crippen molar-refractivity contribution in [1.82, 2.24) is 0 Å². The molecule has 0 fully saturated rings. The standard InChI is InChI=1S/C17H22O2/c1-4-12-9-15(18)17(16(19)10-12)14-8-11(3)6-7-13(14)5-2/h5,8-10,13-14,18-19H,2,4,6-7H2,1,3H3. The van der Waals surface area contributed by atoms with E-state index in [1.165, 1.54) is 5.57 Å². The molecule has 102 valence electrons. The van der Waals surface area contributed by atoms with Crippen LogP contribution in [-0.2, 0) is 6.42 Å². The Kier molecular flexibility index (Phi) is 3.98. The molecular weight excluding hydrogens is 236 g/mol. The van der Waals surface area contributed by atoms with Crippen LogP contribution in [0.4, 0.5) is 0 Å². The summed E-state index contributed by atoms with van der Waals surface area (Å²) in [5.41, 5.74) is 2.90. The molecule has 2 atom stereocenters. The fourth-order valence-corrected chi connectivity index (χ4v) is 2.87. The molecule has 0 amide bonds. The van der Waals surface area contributed by atoms with Gasteiger partial charge in [-0.05, 0) is 49.8 Å². The van der Waals surface area contributed by atoms with Crippen LogP contribution in [0.15, 0.2) is 36.4 Å². The zero-order valence-corrected chi connectivity index (χ0v) is 11.7. The van der Waals surface area contributed by atoms with Gasteiger partial charge < -0.3 is 10.2 Å². The first-order valence-corrected chi connectivity index (χ1v) is 6.91. The maximum Gasteiger partial charge on any atom is 0.123 e. The molecule has 19 heavy (non-hydrogen) atoms. The third kappa shape index (κ3) is 2.67. The smallest absolute Gasteiger partial charge is 0.123 e. The van der Waals surface area contributed by atoms with Crippen molar-refractivity contribution in [1.29, 1.82) is 0 Å². The molecule has 0 saturated heterocycles. The van der Waals surface area contributed by atoms with Crippen molar-refractivity contribution >= 4 is 0 Å². The summed E-state index contributed by atoms with van der Waals surface area (Å²) in [7, 11) is 0. The lowest BCUT2D eigenvalue weighted by Gasteiger charge is -2.28. The minimum Gasteiger partial charge on any atom is -0.507 e. The maximum atomic E-state index is 10.2. The van der Waals surface area contributed by atoms with Crippen molar-refractivity contribution in [2.24, 2.45) is 5.92 Å². The minimum absolute atomic E-state index is 0.0251. The molecule has 0 heterocycles. The minimum atomic E-state index is 0.0251. The van der Waals surface area contributed by atoms with Gasteiger partial charge in [-0.2, -0.15) is 0 Å². The predicted octanol–water partition coefficient (Wildman–Crippen LogP) is 4.29. The van der Waals surface area contributed by atoms with Crippen molar-refractivity contribution in [3.8, 4) is 11.5 Å². The summed E-state index contributed by atoms with van der Waals surface area (Å²) in [4.78, 5) is 0. The van der Waals surface area contributed by atoms with Crippen LogP contribution in [0.25, 0.3) is 0 Å². The van der Waals surface area contributed by atoms with E-state index in [4.69, 9.17) is 0 Å². The lowest BCUT2D eigenvalue weighted by molar-refractivity contribution is 0.412. The van der Waals surface area contributed by atoms with Gasteiger partial charge in [0.05, 0.1) is 0 Å². The van der Waals surface area contributed by atoms with Crippen molar-refractivity contribution < 1.29 is 10.2 Å². The van der Waals surface area contributed by atoms with Crippen LogP contribution in [0.5, 0.6) is 11.5 Å². The van der Waals surface area contributed by atoms with Gasteiger partial charge in [0.15, 0.2) is 0 Å². The van der Waals surface area contributed by atoms with E-state index in [2.05, 4.69) is 19.6 Å². The highest BCUT2D eigenvalue weighted by molar-refractivity contribution is 5.51. The van der Waals surface area contributed by atoms with E-state index in [9.17, 15) is 10.2 Å². The summed E-state index contributed by atoms with van der Waals surface area (Å²) >= 11 is 0. The molecule has 1 aliphatic carbocycles. The SMILES string of the molecule is C=CC1CCC(C)=CC1c1c(O)cc(CC)cc1O. The number of phenolic OH excluding ortho intramolecular Hbond substituents is 2. The Hall–Kier alpha value is -1.70. The molecule has 0 aromatic heterocycles. The predicted molar refractivity (Wildman–Crippen MR) is 78.6 cm³/mol. The van der Waals surface area contributed by atoms with E-state index in [1.807, 2.05) is 13.0 Å². The Morgan fingerprint density at radius 1 is 1.32 bits per heavy atom. The fourth-order valence-electron chi connectivity index (χ4n) is 2.87. The summed E-state index contributed by atoms with van der Waals surface area (Å²) in [5.74, 6) is 0.685. The third-order valence-corrected chi connectivity index (χ3v) is 4.04. The molecule has 0 radical (unpaired) electrons. The average Bonchev–Trinajstić information content (AvgIpc) is 2.38. The average molecular weight is 258 g/mol. The fraction of sp³-hybridized carbons (Fsp3) is 0.412. The topological polar surface area (TPSA) is 40.5 Å². The second-order valence-corrected chi connectivity index (χ2v) is 5.38. The van der Waals surface area contributed by atoms with Crippen molar-refractivity contribution in [2.45, 2.75) is 39.0 Å². The highest BCUT2D eigenvalue weighted by Gasteiger charge is 2.27. The normalized spacial score (nSPS) is 22.9. The maximum absolute atomic E-state index is 10.2. The molecule has 1 aliphatic rings. The molecule has 1 aromatic carbocycles. The first-order valence-electron chi connectivity index (χ1n) is 6.91. The lowest BCUT2D eigenvalue weighted by Crippen LogP contribution is -2.14. The summed E-state index contributed by atoms with van der Waals surface area (Å²) in [6, 6.07) is 3.51. The molecule has 0 saturated carbocycles. The van der Waals surface area contributed by atoms with Gasteiger partial charge in [-0.1, -0.05) is 24.6 Å².